The molecule has 0 radical (unpaired) electrons. The summed E-state index contributed by atoms with van der Waals surface area (Å²) >= 11 is 0. The molecule has 3 nitrogen and oxygen atoms in total. The fourth-order valence-corrected chi connectivity index (χ4v) is 7.42. The van der Waals surface area contributed by atoms with Gasteiger partial charge in [-0.25, -0.2) is 9.97 Å². The zero-order chi connectivity index (χ0) is 33.7. The number of nitrogens with zero attached hydrogens (tertiary/aromatic N) is 2. The average molecular weight is 651 g/mol. The Bertz CT molecular complexity index is 2910. The Balaban J connectivity index is 1.25. The molecule has 10 aromatic rings. The van der Waals surface area contributed by atoms with Gasteiger partial charge in [-0.3, -0.25) is 0 Å². The number of benzene rings is 8. The first-order valence-corrected chi connectivity index (χ1v) is 17.2. The summed E-state index contributed by atoms with van der Waals surface area (Å²) in [4.78, 5) is 10.5. The molecule has 3 heteroatoms. The maximum Gasteiger partial charge on any atom is 0.160 e. The number of para-hydroxylation sites is 2. The lowest BCUT2D eigenvalue weighted by atomic mass is 9.92. The monoisotopic (exact) mass is 650 g/mol. The van der Waals surface area contributed by atoms with Gasteiger partial charge in [0, 0.05) is 33.0 Å². The van der Waals surface area contributed by atoms with Crippen LogP contribution in [0.3, 0.4) is 0 Å². The maximum atomic E-state index is 6.53. The molecule has 2 aromatic heterocycles. The van der Waals surface area contributed by atoms with E-state index in [-0.39, 0.29) is 0 Å². The van der Waals surface area contributed by atoms with E-state index in [0.717, 1.165) is 77.7 Å². The van der Waals surface area contributed by atoms with Gasteiger partial charge in [-0.2, -0.15) is 0 Å². The highest BCUT2D eigenvalue weighted by Crippen LogP contribution is 2.41. The predicted molar refractivity (Wildman–Crippen MR) is 212 cm³/mol. The number of furan rings is 1. The third kappa shape index (κ3) is 5.06. The normalized spacial score (nSPS) is 11.5. The van der Waals surface area contributed by atoms with Gasteiger partial charge in [-0.05, 0) is 74.6 Å². The lowest BCUT2D eigenvalue weighted by Gasteiger charge is -2.15. The van der Waals surface area contributed by atoms with E-state index in [1.165, 1.54) is 16.2 Å². The minimum atomic E-state index is 0.686. The number of hydrogen-bond donors (Lipinski definition) is 0. The van der Waals surface area contributed by atoms with Crippen LogP contribution in [-0.2, 0) is 0 Å². The van der Waals surface area contributed by atoms with Crippen LogP contribution >= 0.6 is 0 Å². The van der Waals surface area contributed by atoms with Crippen molar-refractivity contribution in [3.05, 3.63) is 182 Å². The average Bonchev–Trinajstić information content (AvgIpc) is 3.60. The van der Waals surface area contributed by atoms with E-state index in [9.17, 15) is 0 Å². The molecule has 0 N–H and O–H groups in total. The summed E-state index contributed by atoms with van der Waals surface area (Å²) in [5.41, 5.74) is 10.9. The predicted octanol–water partition coefficient (Wildman–Crippen LogP) is 13.0. The molecule has 238 valence electrons. The first-order chi connectivity index (χ1) is 25.3. The van der Waals surface area contributed by atoms with Crippen molar-refractivity contribution in [3.63, 3.8) is 0 Å². The summed E-state index contributed by atoms with van der Waals surface area (Å²) in [7, 11) is 0. The van der Waals surface area contributed by atoms with Gasteiger partial charge < -0.3 is 4.42 Å². The molecule has 0 aliphatic heterocycles. The molecule has 0 spiro atoms. The number of fused-ring (bicyclic) bond motifs is 6. The Morgan fingerprint density at radius 2 is 0.941 bits per heavy atom. The maximum absolute atomic E-state index is 6.53. The summed E-state index contributed by atoms with van der Waals surface area (Å²) < 4.78 is 6.53. The first-order valence-electron chi connectivity index (χ1n) is 17.2. The van der Waals surface area contributed by atoms with Crippen LogP contribution in [0.15, 0.2) is 186 Å². The van der Waals surface area contributed by atoms with Crippen LogP contribution in [0.4, 0.5) is 0 Å². The van der Waals surface area contributed by atoms with Crippen LogP contribution in [-0.4, -0.2) is 9.97 Å². The largest absolute Gasteiger partial charge is 0.455 e. The Labute approximate surface area is 295 Å². The molecular weight excluding hydrogens is 621 g/mol. The van der Waals surface area contributed by atoms with E-state index in [4.69, 9.17) is 14.4 Å². The van der Waals surface area contributed by atoms with Crippen molar-refractivity contribution >= 4 is 43.5 Å². The zero-order valence-corrected chi connectivity index (χ0v) is 27.6. The Hall–Kier alpha value is -6.84. The number of hydrogen-bond acceptors (Lipinski definition) is 3. The van der Waals surface area contributed by atoms with Crippen LogP contribution in [0.25, 0.3) is 99.6 Å². The van der Waals surface area contributed by atoms with Gasteiger partial charge in [0.25, 0.3) is 0 Å². The van der Waals surface area contributed by atoms with E-state index >= 15 is 0 Å². The minimum absolute atomic E-state index is 0.686. The van der Waals surface area contributed by atoms with E-state index in [0.29, 0.717) is 5.82 Å². The summed E-state index contributed by atoms with van der Waals surface area (Å²) in [5.74, 6) is 0.686. The smallest absolute Gasteiger partial charge is 0.160 e. The minimum Gasteiger partial charge on any atom is -0.455 e. The Morgan fingerprint density at radius 3 is 1.76 bits per heavy atom. The molecule has 2 heterocycles. The second-order valence-corrected chi connectivity index (χ2v) is 13.0. The number of rotatable bonds is 5. The van der Waals surface area contributed by atoms with Crippen molar-refractivity contribution < 1.29 is 4.42 Å². The zero-order valence-electron chi connectivity index (χ0n) is 27.6. The van der Waals surface area contributed by atoms with E-state index in [2.05, 4.69) is 152 Å². The topological polar surface area (TPSA) is 38.9 Å². The van der Waals surface area contributed by atoms with Crippen molar-refractivity contribution in [3.8, 4) is 56.2 Å². The molecule has 0 saturated carbocycles. The molecule has 10 rings (SSSR count). The fourth-order valence-electron chi connectivity index (χ4n) is 7.42. The highest BCUT2D eigenvalue weighted by atomic mass is 16.3. The molecular formula is C48H30N2O. The molecule has 0 bridgehead atoms. The van der Waals surface area contributed by atoms with E-state index < -0.39 is 0 Å². The van der Waals surface area contributed by atoms with Crippen molar-refractivity contribution in [1.82, 2.24) is 9.97 Å². The van der Waals surface area contributed by atoms with Gasteiger partial charge in [0.1, 0.15) is 11.2 Å². The van der Waals surface area contributed by atoms with E-state index in [1.807, 2.05) is 30.3 Å². The highest BCUT2D eigenvalue weighted by molar-refractivity contribution is 6.14. The SMILES string of the molecule is c1ccc(-c2cc(-c3cc(-c4cc5ccccc5c5ccccc45)nc(-c4ccccc4)n3)cc(-c3cccc4c3oc3ccccc34)c2)cc1. The standard InChI is InChI=1S/C48H30N2O/c1-3-14-31(15-4-1)34-26-35(38-23-13-24-42-41-22-11-12-25-46(41)51-47(38)42)28-36(27-34)44-30-45(50-48(49-44)32-16-5-2-6-17-32)43-29-33-18-7-8-19-37(33)39-20-9-10-21-40(39)43/h1-30H. The van der Waals surface area contributed by atoms with Gasteiger partial charge in [0.2, 0.25) is 0 Å². The molecule has 51 heavy (non-hydrogen) atoms. The molecule has 0 fully saturated rings. The first kappa shape index (κ1) is 29.1. The van der Waals surface area contributed by atoms with Gasteiger partial charge in [-0.15, -0.1) is 0 Å². The molecule has 0 aliphatic rings. The van der Waals surface area contributed by atoms with Crippen molar-refractivity contribution in [1.29, 1.82) is 0 Å². The van der Waals surface area contributed by atoms with Crippen LogP contribution in [0, 0.1) is 0 Å². The van der Waals surface area contributed by atoms with Gasteiger partial charge >= 0.3 is 0 Å². The second kappa shape index (κ2) is 11.9. The van der Waals surface area contributed by atoms with Gasteiger partial charge in [0.05, 0.1) is 11.4 Å². The van der Waals surface area contributed by atoms with Crippen LogP contribution in [0.5, 0.6) is 0 Å². The van der Waals surface area contributed by atoms with Crippen LogP contribution in [0.1, 0.15) is 0 Å². The number of aromatic nitrogens is 2. The van der Waals surface area contributed by atoms with Crippen LogP contribution < -0.4 is 0 Å². The van der Waals surface area contributed by atoms with E-state index in [1.54, 1.807) is 0 Å². The molecule has 0 amide bonds. The molecule has 8 aromatic carbocycles. The lowest BCUT2D eigenvalue weighted by Crippen LogP contribution is -1.97. The summed E-state index contributed by atoms with van der Waals surface area (Å²) in [6.45, 7) is 0. The van der Waals surface area contributed by atoms with Gasteiger partial charge in [-0.1, -0.05) is 146 Å². The third-order valence-electron chi connectivity index (χ3n) is 9.85. The Kier molecular flexibility index (Phi) is 6.81. The summed E-state index contributed by atoms with van der Waals surface area (Å²) in [6, 6.07) is 63.8. The van der Waals surface area contributed by atoms with Gasteiger partial charge in [0.15, 0.2) is 5.82 Å². The molecule has 0 saturated heterocycles. The van der Waals surface area contributed by atoms with Crippen molar-refractivity contribution in [2.24, 2.45) is 0 Å². The molecule has 0 unspecified atom stereocenters. The second-order valence-electron chi connectivity index (χ2n) is 13.0. The van der Waals surface area contributed by atoms with Crippen molar-refractivity contribution in [2.75, 3.05) is 0 Å². The fraction of sp³-hybridized carbons (Fsp3) is 0. The summed E-state index contributed by atoms with van der Waals surface area (Å²) in [5, 5.41) is 7.00. The summed E-state index contributed by atoms with van der Waals surface area (Å²) in [6.07, 6.45) is 0. The lowest BCUT2D eigenvalue weighted by molar-refractivity contribution is 0.670. The van der Waals surface area contributed by atoms with Crippen LogP contribution in [0.2, 0.25) is 0 Å². The Morgan fingerprint density at radius 1 is 0.333 bits per heavy atom. The third-order valence-corrected chi connectivity index (χ3v) is 9.85. The quantitative estimate of drug-likeness (QED) is 0.174. The molecule has 0 atom stereocenters. The van der Waals surface area contributed by atoms with Crippen molar-refractivity contribution in [2.45, 2.75) is 0 Å². The molecule has 0 aliphatic carbocycles. The highest BCUT2D eigenvalue weighted by Gasteiger charge is 2.18.